The molecule has 0 aliphatic carbocycles. The molecule has 0 saturated carbocycles. The first kappa shape index (κ1) is 11.0. The van der Waals surface area contributed by atoms with Gasteiger partial charge in [0.15, 0.2) is 5.82 Å². The van der Waals surface area contributed by atoms with E-state index < -0.39 is 0 Å². The second kappa shape index (κ2) is 4.58. The normalized spacial score (nSPS) is 10.4. The molecule has 0 unspecified atom stereocenters. The van der Waals surface area contributed by atoms with E-state index in [0.717, 1.165) is 28.5 Å². The topological polar surface area (TPSA) is 29.9 Å². The summed E-state index contributed by atoms with van der Waals surface area (Å²) in [5.41, 5.74) is 2.29. The number of aryl methyl sites for hydroxylation is 2. The predicted molar refractivity (Wildman–Crippen MR) is 66.7 cm³/mol. The highest BCUT2D eigenvalue weighted by Gasteiger charge is 2.02. The number of rotatable bonds is 3. The van der Waals surface area contributed by atoms with Crippen molar-refractivity contribution < 1.29 is 0 Å². The number of nitrogens with zero attached hydrogens (tertiary/aromatic N) is 2. The van der Waals surface area contributed by atoms with Crippen molar-refractivity contribution in [3.05, 3.63) is 46.6 Å². The Morgan fingerprint density at radius 2 is 2.25 bits per heavy atom. The number of halogens is 1. The molecule has 0 atom stereocenters. The maximum Gasteiger partial charge on any atom is 0.151 e. The van der Waals surface area contributed by atoms with Crippen LogP contribution in [0.5, 0.6) is 0 Å². The summed E-state index contributed by atoms with van der Waals surface area (Å²) in [7, 11) is 1.91. The maximum absolute atomic E-state index is 5.91. The van der Waals surface area contributed by atoms with E-state index in [9.17, 15) is 0 Å². The van der Waals surface area contributed by atoms with Crippen molar-refractivity contribution in [2.45, 2.75) is 13.5 Å². The Labute approximate surface area is 100 Å². The van der Waals surface area contributed by atoms with Gasteiger partial charge in [0.25, 0.3) is 0 Å². The predicted octanol–water partition coefficient (Wildman–Crippen LogP) is 2.99. The third kappa shape index (κ3) is 2.55. The molecule has 1 aromatic heterocycles. The highest BCUT2D eigenvalue weighted by molar-refractivity contribution is 6.30. The van der Waals surface area contributed by atoms with Crippen LogP contribution in [0.3, 0.4) is 0 Å². The third-order valence-electron chi connectivity index (χ3n) is 2.36. The van der Waals surface area contributed by atoms with Gasteiger partial charge in [0.2, 0.25) is 0 Å². The summed E-state index contributed by atoms with van der Waals surface area (Å²) in [6.45, 7) is 2.77. The molecule has 0 saturated heterocycles. The summed E-state index contributed by atoms with van der Waals surface area (Å²) in [5, 5.41) is 8.37. The standard InChI is InChI=1S/C12H14ClN3/c1-9-8-16(2)15-12(9)14-7-10-4-3-5-11(13)6-10/h3-6,8H,7H2,1-2H3,(H,14,15). The van der Waals surface area contributed by atoms with E-state index in [2.05, 4.69) is 10.4 Å². The van der Waals surface area contributed by atoms with Crippen molar-refractivity contribution in [3.63, 3.8) is 0 Å². The Morgan fingerprint density at radius 3 is 2.88 bits per heavy atom. The van der Waals surface area contributed by atoms with Crippen LogP contribution in [-0.2, 0) is 13.6 Å². The van der Waals surface area contributed by atoms with Crippen molar-refractivity contribution in [3.8, 4) is 0 Å². The fraction of sp³-hybridized carbons (Fsp3) is 0.250. The van der Waals surface area contributed by atoms with Gasteiger partial charge in [0, 0.05) is 30.4 Å². The Kier molecular flexibility index (Phi) is 3.15. The van der Waals surface area contributed by atoms with Crippen molar-refractivity contribution in [1.29, 1.82) is 0 Å². The first-order valence-electron chi connectivity index (χ1n) is 5.14. The fourth-order valence-corrected chi connectivity index (χ4v) is 1.83. The highest BCUT2D eigenvalue weighted by atomic mass is 35.5. The van der Waals surface area contributed by atoms with Gasteiger partial charge in [0.05, 0.1) is 0 Å². The molecule has 1 aromatic carbocycles. The minimum atomic E-state index is 0.735. The van der Waals surface area contributed by atoms with Crippen molar-refractivity contribution >= 4 is 17.4 Å². The SMILES string of the molecule is Cc1cn(C)nc1NCc1cccc(Cl)c1. The van der Waals surface area contributed by atoms with E-state index in [1.54, 1.807) is 4.68 Å². The molecule has 0 aliphatic rings. The molecule has 4 heteroatoms. The minimum absolute atomic E-state index is 0.735. The monoisotopic (exact) mass is 235 g/mol. The Balaban J connectivity index is 2.05. The van der Waals surface area contributed by atoms with Crippen LogP contribution in [0.2, 0.25) is 5.02 Å². The molecule has 2 aromatic rings. The van der Waals surface area contributed by atoms with Gasteiger partial charge >= 0.3 is 0 Å². The van der Waals surface area contributed by atoms with Crippen LogP contribution in [0.25, 0.3) is 0 Å². The highest BCUT2D eigenvalue weighted by Crippen LogP contribution is 2.14. The van der Waals surface area contributed by atoms with Crippen LogP contribution < -0.4 is 5.32 Å². The Bertz CT molecular complexity index is 491. The number of nitrogens with one attached hydrogen (secondary N) is 1. The lowest BCUT2D eigenvalue weighted by Crippen LogP contribution is -2.01. The summed E-state index contributed by atoms with van der Waals surface area (Å²) < 4.78 is 1.80. The average Bonchev–Trinajstić information content (AvgIpc) is 2.54. The maximum atomic E-state index is 5.91. The first-order valence-corrected chi connectivity index (χ1v) is 5.51. The van der Waals surface area contributed by atoms with Crippen LogP contribution in [0.1, 0.15) is 11.1 Å². The third-order valence-corrected chi connectivity index (χ3v) is 2.60. The second-order valence-corrected chi connectivity index (χ2v) is 4.25. The van der Waals surface area contributed by atoms with E-state index >= 15 is 0 Å². The summed E-state index contributed by atoms with van der Waals surface area (Å²) in [6, 6.07) is 7.81. The molecule has 16 heavy (non-hydrogen) atoms. The molecule has 0 bridgehead atoms. The Hall–Kier alpha value is -1.48. The first-order chi connectivity index (χ1) is 7.65. The van der Waals surface area contributed by atoms with Gasteiger partial charge in [-0.05, 0) is 24.6 Å². The van der Waals surface area contributed by atoms with Crippen molar-refractivity contribution in [1.82, 2.24) is 9.78 Å². The van der Waals surface area contributed by atoms with Gasteiger partial charge in [-0.15, -0.1) is 0 Å². The lowest BCUT2D eigenvalue weighted by Gasteiger charge is -2.04. The smallest absolute Gasteiger partial charge is 0.151 e. The van der Waals surface area contributed by atoms with Crippen LogP contribution in [0.4, 0.5) is 5.82 Å². The van der Waals surface area contributed by atoms with Gasteiger partial charge in [-0.2, -0.15) is 5.10 Å². The molecule has 0 spiro atoms. The van der Waals surface area contributed by atoms with Gasteiger partial charge in [-0.3, -0.25) is 4.68 Å². The zero-order valence-corrected chi connectivity index (χ0v) is 10.1. The molecule has 84 valence electrons. The summed E-state index contributed by atoms with van der Waals surface area (Å²) in [4.78, 5) is 0. The van der Waals surface area contributed by atoms with E-state index in [0.29, 0.717) is 0 Å². The van der Waals surface area contributed by atoms with Gasteiger partial charge in [-0.25, -0.2) is 0 Å². The van der Waals surface area contributed by atoms with Crippen LogP contribution >= 0.6 is 11.6 Å². The zero-order chi connectivity index (χ0) is 11.5. The Morgan fingerprint density at radius 1 is 1.44 bits per heavy atom. The number of aromatic nitrogens is 2. The molecule has 0 amide bonds. The molecule has 1 heterocycles. The number of benzene rings is 1. The molecular formula is C12H14ClN3. The average molecular weight is 236 g/mol. The second-order valence-electron chi connectivity index (χ2n) is 3.82. The number of hydrogen-bond donors (Lipinski definition) is 1. The molecule has 0 aliphatic heterocycles. The number of hydrogen-bond acceptors (Lipinski definition) is 2. The largest absolute Gasteiger partial charge is 0.364 e. The van der Waals surface area contributed by atoms with Gasteiger partial charge in [0.1, 0.15) is 0 Å². The molecule has 2 rings (SSSR count). The molecule has 3 nitrogen and oxygen atoms in total. The minimum Gasteiger partial charge on any atom is -0.364 e. The van der Waals surface area contributed by atoms with E-state index in [-0.39, 0.29) is 0 Å². The van der Waals surface area contributed by atoms with Crippen LogP contribution in [0.15, 0.2) is 30.5 Å². The molecular weight excluding hydrogens is 222 g/mol. The van der Waals surface area contributed by atoms with E-state index in [1.807, 2.05) is 44.4 Å². The lowest BCUT2D eigenvalue weighted by atomic mass is 10.2. The van der Waals surface area contributed by atoms with Crippen LogP contribution in [0, 0.1) is 6.92 Å². The van der Waals surface area contributed by atoms with E-state index in [4.69, 9.17) is 11.6 Å². The van der Waals surface area contributed by atoms with Crippen molar-refractivity contribution in [2.75, 3.05) is 5.32 Å². The molecule has 0 radical (unpaired) electrons. The fourth-order valence-electron chi connectivity index (χ4n) is 1.61. The van der Waals surface area contributed by atoms with Gasteiger partial charge in [-0.1, -0.05) is 23.7 Å². The van der Waals surface area contributed by atoms with Crippen molar-refractivity contribution in [2.24, 2.45) is 7.05 Å². The van der Waals surface area contributed by atoms with E-state index in [1.165, 1.54) is 0 Å². The van der Waals surface area contributed by atoms with Gasteiger partial charge < -0.3 is 5.32 Å². The number of anilines is 1. The molecule has 0 fully saturated rings. The zero-order valence-electron chi connectivity index (χ0n) is 9.37. The summed E-state index contributed by atoms with van der Waals surface area (Å²) in [6.07, 6.45) is 1.99. The summed E-state index contributed by atoms with van der Waals surface area (Å²) >= 11 is 5.91. The summed E-state index contributed by atoms with van der Waals surface area (Å²) in [5.74, 6) is 0.919. The molecule has 1 N–H and O–H groups in total. The lowest BCUT2D eigenvalue weighted by molar-refractivity contribution is 0.768. The van der Waals surface area contributed by atoms with Crippen LogP contribution in [-0.4, -0.2) is 9.78 Å². The quantitative estimate of drug-likeness (QED) is 0.887.